The molecule has 5 nitrogen and oxygen atoms in total. The Morgan fingerprint density at radius 2 is 2.11 bits per heavy atom. The molecular weight excluding hydrogens is 228 g/mol. The lowest BCUT2D eigenvalue weighted by Crippen LogP contribution is -2.28. The molecule has 0 amide bonds. The first-order chi connectivity index (χ1) is 8.83. The van der Waals surface area contributed by atoms with Gasteiger partial charge in [-0.15, -0.1) is 0 Å². The molecule has 1 aromatic heterocycles. The van der Waals surface area contributed by atoms with Crippen LogP contribution in [-0.4, -0.2) is 35.3 Å². The molecular formula is C13H22N4O. The summed E-state index contributed by atoms with van der Waals surface area (Å²) in [7, 11) is 1.81. The average Bonchev–Trinajstić information content (AvgIpc) is 2.45. The highest BCUT2D eigenvalue weighted by atomic mass is 16.3. The van der Waals surface area contributed by atoms with Gasteiger partial charge in [0.05, 0.1) is 0 Å². The summed E-state index contributed by atoms with van der Waals surface area (Å²) in [5.41, 5.74) is 0. The monoisotopic (exact) mass is 250 g/mol. The second-order valence-corrected chi connectivity index (χ2v) is 4.88. The van der Waals surface area contributed by atoms with Gasteiger partial charge in [0.1, 0.15) is 5.82 Å². The van der Waals surface area contributed by atoms with Crippen LogP contribution in [0.5, 0.6) is 0 Å². The van der Waals surface area contributed by atoms with Crippen molar-refractivity contribution in [3.63, 3.8) is 0 Å². The lowest BCUT2D eigenvalue weighted by molar-refractivity contribution is 0.141. The maximum absolute atomic E-state index is 9.38. The Labute approximate surface area is 108 Å². The molecule has 2 atom stereocenters. The van der Waals surface area contributed by atoms with E-state index in [0.717, 1.165) is 18.8 Å². The number of aliphatic hydroxyl groups excluding tert-OH is 1. The lowest BCUT2D eigenvalue weighted by atomic mass is 9.79. The van der Waals surface area contributed by atoms with Crippen molar-refractivity contribution in [2.45, 2.75) is 25.7 Å². The zero-order valence-electron chi connectivity index (χ0n) is 10.9. The molecule has 1 aliphatic carbocycles. The first-order valence-electron chi connectivity index (χ1n) is 6.69. The molecule has 2 unspecified atom stereocenters. The normalized spacial score (nSPS) is 23.7. The van der Waals surface area contributed by atoms with E-state index in [2.05, 4.69) is 20.6 Å². The summed E-state index contributed by atoms with van der Waals surface area (Å²) in [4.78, 5) is 8.41. The molecule has 1 fully saturated rings. The SMILES string of the molecule is CNc1nccc(NCC2CCCCC2CO)n1. The number of aliphatic hydroxyl groups is 1. The lowest BCUT2D eigenvalue weighted by Gasteiger charge is -2.30. The van der Waals surface area contributed by atoms with Crippen molar-refractivity contribution in [2.24, 2.45) is 11.8 Å². The Morgan fingerprint density at radius 3 is 2.83 bits per heavy atom. The van der Waals surface area contributed by atoms with Gasteiger partial charge in [0.2, 0.25) is 5.95 Å². The number of anilines is 2. The summed E-state index contributed by atoms with van der Waals surface area (Å²) in [5, 5.41) is 15.7. The van der Waals surface area contributed by atoms with Gasteiger partial charge in [-0.05, 0) is 30.7 Å². The van der Waals surface area contributed by atoms with Gasteiger partial charge in [0, 0.05) is 26.4 Å². The highest BCUT2D eigenvalue weighted by Crippen LogP contribution is 2.29. The molecule has 0 aromatic carbocycles. The smallest absolute Gasteiger partial charge is 0.224 e. The molecule has 0 spiro atoms. The van der Waals surface area contributed by atoms with Gasteiger partial charge >= 0.3 is 0 Å². The Balaban J connectivity index is 1.89. The number of nitrogens with one attached hydrogen (secondary N) is 2. The highest BCUT2D eigenvalue weighted by molar-refractivity contribution is 5.39. The van der Waals surface area contributed by atoms with Crippen LogP contribution in [0.2, 0.25) is 0 Å². The van der Waals surface area contributed by atoms with E-state index in [1.165, 1.54) is 19.3 Å². The van der Waals surface area contributed by atoms with E-state index in [1.54, 1.807) is 6.20 Å². The Kier molecular flexibility index (Phi) is 4.75. The van der Waals surface area contributed by atoms with E-state index in [0.29, 0.717) is 24.4 Å². The maximum atomic E-state index is 9.38. The van der Waals surface area contributed by atoms with E-state index in [-0.39, 0.29) is 0 Å². The fourth-order valence-electron chi connectivity index (χ4n) is 2.61. The van der Waals surface area contributed by atoms with Crippen LogP contribution in [0.3, 0.4) is 0 Å². The fraction of sp³-hybridized carbons (Fsp3) is 0.692. The summed E-state index contributed by atoms with van der Waals surface area (Å²) in [6, 6.07) is 1.87. The number of aromatic nitrogens is 2. The van der Waals surface area contributed by atoms with Crippen molar-refractivity contribution in [2.75, 3.05) is 30.8 Å². The molecule has 100 valence electrons. The molecule has 5 heteroatoms. The summed E-state index contributed by atoms with van der Waals surface area (Å²) < 4.78 is 0. The fourth-order valence-corrected chi connectivity index (χ4v) is 2.61. The van der Waals surface area contributed by atoms with E-state index in [9.17, 15) is 5.11 Å². The van der Waals surface area contributed by atoms with Gasteiger partial charge in [-0.25, -0.2) is 4.98 Å². The molecule has 1 saturated carbocycles. The van der Waals surface area contributed by atoms with Crippen LogP contribution in [0.15, 0.2) is 12.3 Å². The summed E-state index contributed by atoms with van der Waals surface area (Å²) in [6.07, 6.45) is 6.61. The largest absolute Gasteiger partial charge is 0.396 e. The highest BCUT2D eigenvalue weighted by Gasteiger charge is 2.24. The van der Waals surface area contributed by atoms with Crippen molar-refractivity contribution >= 4 is 11.8 Å². The van der Waals surface area contributed by atoms with Gasteiger partial charge in [-0.1, -0.05) is 12.8 Å². The molecule has 1 aromatic rings. The summed E-state index contributed by atoms with van der Waals surface area (Å²) in [6.45, 7) is 1.18. The van der Waals surface area contributed by atoms with Gasteiger partial charge in [0.15, 0.2) is 0 Å². The molecule has 0 aliphatic heterocycles. The minimum absolute atomic E-state index is 0.303. The standard InChI is InChI=1S/C13H22N4O/c1-14-13-15-7-6-12(17-13)16-8-10-4-2-3-5-11(10)9-18/h6-7,10-11,18H,2-5,8-9H2,1H3,(H2,14,15,16,17). The van der Waals surface area contributed by atoms with Crippen molar-refractivity contribution in [3.8, 4) is 0 Å². The number of hydrogen-bond acceptors (Lipinski definition) is 5. The molecule has 3 N–H and O–H groups in total. The topological polar surface area (TPSA) is 70.1 Å². The van der Waals surface area contributed by atoms with Crippen molar-refractivity contribution < 1.29 is 5.11 Å². The Hall–Kier alpha value is -1.36. The Morgan fingerprint density at radius 1 is 1.33 bits per heavy atom. The van der Waals surface area contributed by atoms with Crippen molar-refractivity contribution in [1.82, 2.24) is 9.97 Å². The first kappa shape index (κ1) is 13.1. The molecule has 1 heterocycles. The third-order valence-corrected chi connectivity index (χ3v) is 3.73. The summed E-state index contributed by atoms with van der Waals surface area (Å²) >= 11 is 0. The van der Waals surface area contributed by atoms with Crippen LogP contribution in [0.1, 0.15) is 25.7 Å². The third kappa shape index (κ3) is 3.32. The third-order valence-electron chi connectivity index (χ3n) is 3.73. The maximum Gasteiger partial charge on any atom is 0.224 e. The van der Waals surface area contributed by atoms with Crippen LogP contribution in [0.25, 0.3) is 0 Å². The van der Waals surface area contributed by atoms with Crippen molar-refractivity contribution in [1.29, 1.82) is 0 Å². The zero-order valence-corrected chi connectivity index (χ0v) is 10.9. The molecule has 2 rings (SSSR count). The van der Waals surface area contributed by atoms with E-state index >= 15 is 0 Å². The van der Waals surface area contributed by atoms with Crippen LogP contribution in [0, 0.1) is 11.8 Å². The van der Waals surface area contributed by atoms with E-state index in [1.807, 2.05) is 13.1 Å². The van der Waals surface area contributed by atoms with E-state index in [4.69, 9.17) is 0 Å². The van der Waals surface area contributed by atoms with Crippen molar-refractivity contribution in [3.05, 3.63) is 12.3 Å². The van der Waals surface area contributed by atoms with Gasteiger partial charge in [-0.2, -0.15) is 4.98 Å². The van der Waals surface area contributed by atoms with Crippen LogP contribution in [0.4, 0.5) is 11.8 Å². The average molecular weight is 250 g/mol. The second-order valence-electron chi connectivity index (χ2n) is 4.88. The predicted molar refractivity (Wildman–Crippen MR) is 72.6 cm³/mol. The van der Waals surface area contributed by atoms with Crippen LogP contribution in [-0.2, 0) is 0 Å². The molecule has 0 radical (unpaired) electrons. The van der Waals surface area contributed by atoms with Gasteiger partial charge in [0.25, 0.3) is 0 Å². The minimum atomic E-state index is 0.303. The molecule has 0 bridgehead atoms. The number of rotatable bonds is 5. The zero-order chi connectivity index (χ0) is 12.8. The molecule has 18 heavy (non-hydrogen) atoms. The second kappa shape index (κ2) is 6.54. The number of hydrogen-bond donors (Lipinski definition) is 3. The number of nitrogens with zero attached hydrogens (tertiary/aromatic N) is 2. The first-order valence-corrected chi connectivity index (χ1v) is 6.69. The van der Waals surface area contributed by atoms with Gasteiger partial charge < -0.3 is 15.7 Å². The minimum Gasteiger partial charge on any atom is -0.396 e. The predicted octanol–water partition coefficient (Wildman–Crippen LogP) is 1.73. The quantitative estimate of drug-likeness (QED) is 0.742. The Bertz CT molecular complexity index is 372. The molecule has 1 aliphatic rings. The van der Waals surface area contributed by atoms with Crippen LogP contribution >= 0.6 is 0 Å². The van der Waals surface area contributed by atoms with Gasteiger partial charge in [-0.3, -0.25) is 0 Å². The molecule has 0 saturated heterocycles. The van der Waals surface area contributed by atoms with Crippen LogP contribution < -0.4 is 10.6 Å². The summed E-state index contributed by atoms with van der Waals surface area (Å²) in [5.74, 6) is 2.47. The van der Waals surface area contributed by atoms with E-state index < -0.39 is 0 Å².